The quantitative estimate of drug-likeness (QED) is 0.360. The molecule has 114 valence electrons. The number of rotatable bonds is 13. The number of aliphatic hydroxyl groups excluding tert-OH is 2. The first-order valence-electron chi connectivity index (χ1n) is 6.55. The fraction of sp³-hybridized carbons (Fsp3) is 0.846. The molecule has 1 atom stereocenters. The molecule has 0 aliphatic carbocycles. The molecule has 0 rings (SSSR count). The molecule has 1 unspecified atom stereocenters. The minimum atomic E-state index is 0.0376. The highest BCUT2D eigenvalue weighted by Gasteiger charge is 2.12. The standard InChI is InChI=1S/C13H27NO5/c1-13(12-19-11-7-16)14(4-3-8-17-2)5-9-18-10-6-15/h3,8,13,15-16H,4-7,9-12H2,1-2H3/b8-3+. The second-order valence-electron chi connectivity index (χ2n) is 4.09. The summed E-state index contributed by atoms with van der Waals surface area (Å²) in [5, 5.41) is 17.3. The van der Waals surface area contributed by atoms with Crippen LogP contribution in [0.3, 0.4) is 0 Å². The van der Waals surface area contributed by atoms with Gasteiger partial charge < -0.3 is 24.4 Å². The monoisotopic (exact) mass is 277 g/mol. The van der Waals surface area contributed by atoms with Crippen LogP contribution in [0.2, 0.25) is 0 Å². The third kappa shape index (κ3) is 10.9. The minimum Gasteiger partial charge on any atom is -0.505 e. The van der Waals surface area contributed by atoms with Gasteiger partial charge in [0.25, 0.3) is 0 Å². The third-order valence-electron chi connectivity index (χ3n) is 2.55. The molecule has 0 saturated heterocycles. The molecule has 2 N–H and O–H groups in total. The van der Waals surface area contributed by atoms with Crippen LogP contribution in [0.1, 0.15) is 6.92 Å². The van der Waals surface area contributed by atoms with Crippen LogP contribution in [-0.2, 0) is 14.2 Å². The largest absolute Gasteiger partial charge is 0.505 e. The van der Waals surface area contributed by atoms with Crippen molar-refractivity contribution >= 4 is 0 Å². The Balaban J connectivity index is 4.02. The fourth-order valence-electron chi connectivity index (χ4n) is 1.54. The molecule has 0 amide bonds. The molecule has 0 spiro atoms. The number of nitrogens with zero attached hydrogens (tertiary/aromatic N) is 1. The van der Waals surface area contributed by atoms with Crippen molar-refractivity contribution in [2.24, 2.45) is 0 Å². The van der Waals surface area contributed by atoms with Gasteiger partial charge in [0.15, 0.2) is 0 Å². The van der Waals surface area contributed by atoms with Crippen molar-refractivity contribution in [3.63, 3.8) is 0 Å². The zero-order chi connectivity index (χ0) is 14.3. The van der Waals surface area contributed by atoms with E-state index in [0.717, 1.165) is 13.1 Å². The topological polar surface area (TPSA) is 71.4 Å². The highest BCUT2D eigenvalue weighted by molar-refractivity contribution is 4.81. The van der Waals surface area contributed by atoms with E-state index in [-0.39, 0.29) is 19.3 Å². The summed E-state index contributed by atoms with van der Waals surface area (Å²) in [5.74, 6) is 0. The van der Waals surface area contributed by atoms with E-state index in [4.69, 9.17) is 24.4 Å². The van der Waals surface area contributed by atoms with E-state index in [9.17, 15) is 0 Å². The van der Waals surface area contributed by atoms with Gasteiger partial charge in [0.1, 0.15) is 0 Å². The molecule has 0 bridgehead atoms. The van der Waals surface area contributed by atoms with E-state index in [1.807, 2.05) is 6.08 Å². The van der Waals surface area contributed by atoms with Gasteiger partial charge in [-0.25, -0.2) is 0 Å². The van der Waals surface area contributed by atoms with Crippen LogP contribution in [0, 0.1) is 0 Å². The summed E-state index contributed by atoms with van der Waals surface area (Å²) in [6, 6.07) is 0.214. The molecule has 6 heteroatoms. The predicted molar refractivity (Wildman–Crippen MR) is 73.0 cm³/mol. The molecular weight excluding hydrogens is 250 g/mol. The Labute approximate surface area is 115 Å². The van der Waals surface area contributed by atoms with Crippen molar-refractivity contribution in [3.05, 3.63) is 12.3 Å². The maximum absolute atomic E-state index is 8.68. The Morgan fingerprint density at radius 1 is 1.11 bits per heavy atom. The van der Waals surface area contributed by atoms with Crippen LogP contribution in [0.4, 0.5) is 0 Å². The number of methoxy groups -OCH3 is 1. The predicted octanol–water partition coefficient (Wildman–Crippen LogP) is -0.145. The van der Waals surface area contributed by atoms with Crippen molar-refractivity contribution in [1.29, 1.82) is 0 Å². The zero-order valence-corrected chi connectivity index (χ0v) is 12.0. The van der Waals surface area contributed by atoms with E-state index in [2.05, 4.69) is 11.8 Å². The molecule has 0 aromatic carbocycles. The highest BCUT2D eigenvalue weighted by atomic mass is 16.5. The van der Waals surface area contributed by atoms with Gasteiger partial charge in [-0.2, -0.15) is 0 Å². The van der Waals surface area contributed by atoms with Gasteiger partial charge >= 0.3 is 0 Å². The summed E-state index contributed by atoms with van der Waals surface area (Å²) in [7, 11) is 1.61. The van der Waals surface area contributed by atoms with E-state index in [1.165, 1.54) is 0 Å². The number of hydrogen-bond donors (Lipinski definition) is 2. The Morgan fingerprint density at radius 2 is 1.79 bits per heavy atom. The maximum atomic E-state index is 8.68. The zero-order valence-electron chi connectivity index (χ0n) is 12.0. The number of hydrogen-bond acceptors (Lipinski definition) is 6. The van der Waals surface area contributed by atoms with Gasteiger partial charge in [-0.05, 0) is 13.0 Å². The van der Waals surface area contributed by atoms with Crippen LogP contribution in [-0.4, -0.2) is 81.0 Å². The third-order valence-corrected chi connectivity index (χ3v) is 2.55. The molecule has 0 fully saturated rings. The van der Waals surface area contributed by atoms with E-state index in [1.54, 1.807) is 13.4 Å². The highest BCUT2D eigenvalue weighted by Crippen LogP contribution is 2.01. The van der Waals surface area contributed by atoms with Crippen LogP contribution >= 0.6 is 0 Å². The minimum absolute atomic E-state index is 0.0376. The molecule has 19 heavy (non-hydrogen) atoms. The summed E-state index contributed by atoms with van der Waals surface area (Å²) >= 11 is 0. The lowest BCUT2D eigenvalue weighted by molar-refractivity contribution is 0.0302. The van der Waals surface area contributed by atoms with Crippen molar-refractivity contribution in [2.45, 2.75) is 13.0 Å². The molecule has 0 aliphatic rings. The second-order valence-corrected chi connectivity index (χ2v) is 4.09. The van der Waals surface area contributed by atoms with Crippen molar-refractivity contribution < 1.29 is 24.4 Å². The van der Waals surface area contributed by atoms with Crippen LogP contribution < -0.4 is 0 Å². The van der Waals surface area contributed by atoms with Gasteiger partial charge in [-0.3, -0.25) is 4.90 Å². The molecule has 0 saturated carbocycles. The average Bonchev–Trinajstić information content (AvgIpc) is 2.41. The molecular formula is C13H27NO5. The SMILES string of the molecule is CO/C=C/CN(CCOCCO)C(C)COCCO. The molecule has 0 radical (unpaired) electrons. The first-order chi connectivity index (χ1) is 9.26. The fourth-order valence-corrected chi connectivity index (χ4v) is 1.54. The number of ether oxygens (including phenoxy) is 3. The molecule has 0 heterocycles. The van der Waals surface area contributed by atoms with E-state index < -0.39 is 0 Å². The normalized spacial score (nSPS) is 13.3. The maximum Gasteiger partial charge on any atom is 0.0797 e. The Bertz CT molecular complexity index is 213. The lowest BCUT2D eigenvalue weighted by Crippen LogP contribution is -2.39. The van der Waals surface area contributed by atoms with Gasteiger partial charge in [0, 0.05) is 19.1 Å². The van der Waals surface area contributed by atoms with Crippen LogP contribution in [0.5, 0.6) is 0 Å². The van der Waals surface area contributed by atoms with Crippen LogP contribution in [0.15, 0.2) is 12.3 Å². The summed E-state index contributed by atoms with van der Waals surface area (Å²) in [4.78, 5) is 2.18. The lowest BCUT2D eigenvalue weighted by atomic mass is 10.3. The Hall–Kier alpha value is -0.660. The molecule has 6 nitrogen and oxygen atoms in total. The van der Waals surface area contributed by atoms with Gasteiger partial charge in [0.05, 0.1) is 53.0 Å². The van der Waals surface area contributed by atoms with Gasteiger partial charge in [-0.1, -0.05) is 0 Å². The van der Waals surface area contributed by atoms with Crippen molar-refractivity contribution in [2.75, 3.05) is 59.8 Å². The summed E-state index contributed by atoms with van der Waals surface area (Å²) in [6.07, 6.45) is 3.57. The smallest absolute Gasteiger partial charge is 0.0797 e. The first kappa shape index (κ1) is 18.3. The Morgan fingerprint density at radius 3 is 2.42 bits per heavy atom. The molecule has 0 aromatic rings. The van der Waals surface area contributed by atoms with Crippen molar-refractivity contribution in [1.82, 2.24) is 4.90 Å². The summed E-state index contributed by atoms with van der Waals surface area (Å²) in [5.41, 5.74) is 0. The van der Waals surface area contributed by atoms with Gasteiger partial charge in [-0.15, -0.1) is 0 Å². The van der Waals surface area contributed by atoms with Gasteiger partial charge in [0.2, 0.25) is 0 Å². The first-order valence-corrected chi connectivity index (χ1v) is 6.55. The van der Waals surface area contributed by atoms with E-state index >= 15 is 0 Å². The van der Waals surface area contributed by atoms with E-state index in [0.29, 0.717) is 26.4 Å². The van der Waals surface area contributed by atoms with Crippen LogP contribution in [0.25, 0.3) is 0 Å². The summed E-state index contributed by atoms with van der Waals surface area (Å²) in [6.45, 7) is 5.45. The lowest BCUT2D eigenvalue weighted by Gasteiger charge is -2.27. The summed E-state index contributed by atoms with van der Waals surface area (Å²) < 4.78 is 15.5. The van der Waals surface area contributed by atoms with Crippen molar-refractivity contribution in [3.8, 4) is 0 Å². The average molecular weight is 277 g/mol. The molecule has 0 aliphatic heterocycles. The molecule has 0 aromatic heterocycles. The second kappa shape index (κ2) is 13.8. The Kier molecular flexibility index (Phi) is 13.3. The number of aliphatic hydroxyl groups is 2.